The number of hydrogen-bond acceptors (Lipinski definition) is 2. The van der Waals surface area contributed by atoms with E-state index in [0.29, 0.717) is 5.92 Å². The zero-order chi connectivity index (χ0) is 15.1. The van der Waals surface area contributed by atoms with Gasteiger partial charge >= 0.3 is 0 Å². The summed E-state index contributed by atoms with van der Waals surface area (Å²) in [5, 5.41) is 3.05. The Hall–Kier alpha value is -1.35. The SMILES string of the molecule is CCc1cc(C(N)C(C)CC)c2c(c1)C(C)(C)C(=O)N2. The lowest BCUT2D eigenvalue weighted by molar-refractivity contribution is -0.119. The molecule has 0 saturated carbocycles. The highest BCUT2D eigenvalue weighted by Gasteiger charge is 2.40. The van der Waals surface area contributed by atoms with Crippen LogP contribution in [-0.4, -0.2) is 5.91 Å². The fourth-order valence-corrected chi connectivity index (χ4v) is 2.78. The number of benzene rings is 1. The zero-order valence-electron chi connectivity index (χ0n) is 13.2. The molecule has 0 aliphatic carbocycles. The molecule has 1 aromatic carbocycles. The minimum Gasteiger partial charge on any atom is -0.325 e. The Bertz CT molecular complexity index is 534. The standard InChI is InChI=1S/C17H26N2O/c1-6-10(3)14(18)12-8-11(7-2)9-13-15(12)19-16(20)17(13,4)5/h8-10,14H,6-7,18H2,1-5H3,(H,19,20). The Morgan fingerprint density at radius 1 is 1.30 bits per heavy atom. The van der Waals surface area contributed by atoms with Gasteiger partial charge in [-0.05, 0) is 42.9 Å². The third kappa shape index (κ3) is 2.24. The van der Waals surface area contributed by atoms with E-state index < -0.39 is 5.41 Å². The Morgan fingerprint density at radius 3 is 2.50 bits per heavy atom. The van der Waals surface area contributed by atoms with E-state index in [0.717, 1.165) is 29.7 Å². The van der Waals surface area contributed by atoms with Crippen LogP contribution in [0.15, 0.2) is 12.1 Å². The van der Waals surface area contributed by atoms with E-state index in [9.17, 15) is 4.79 Å². The lowest BCUT2D eigenvalue weighted by Crippen LogP contribution is -2.26. The van der Waals surface area contributed by atoms with Crippen LogP contribution in [0.4, 0.5) is 5.69 Å². The van der Waals surface area contributed by atoms with Crippen molar-refractivity contribution in [3.8, 4) is 0 Å². The number of hydrogen-bond donors (Lipinski definition) is 2. The van der Waals surface area contributed by atoms with Gasteiger partial charge in [-0.1, -0.05) is 39.3 Å². The summed E-state index contributed by atoms with van der Waals surface area (Å²) in [6, 6.07) is 4.28. The second-order valence-corrected chi connectivity index (χ2v) is 6.45. The van der Waals surface area contributed by atoms with E-state index in [2.05, 4.69) is 38.2 Å². The van der Waals surface area contributed by atoms with Crippen LogP contribution in [-0.2, 0) is 16.6 Å². The monoisotopic (exact) mass is 274 g/mol. The summed E-state index contributed by atoms with van der Waals surface area (Å²) < 4.78 is 0. The van der Waals surface area contributed by atoms with Gasteiger partial charge in [-0.3, -0.25) is 4.79 Å². The maximum absolute atomic E-state index is 12.2. The normalized spacial score (nSPS) is 19.4. The first kappa shape index (κ1) is 15.0. The van der Waals surface area contributed by atoms with E-state index in [1.807, 2.05) is 13.8 Å². The molecule has 0 bridgehead atoms. The number of rotatable bonds is 4. The largest absolute Gasteiger partial charge is 0.325 e. The Morgan fingerprint density at radius 2 is 1.95 bits per heavy atom. The predicted molar refractivity (Wildman–Crippen MR) is 83.9 cm³/mol. The van der Waals surface area contributed by atoms with E-state index in [1.165, 1.54) is 5.56 Å². The third-order valence-electron chi connectivity index (χ3n) is 4.73. The molecule has 1 aromatic rings. The van der Waals surface area contributed by atoms with Gasteiger partial charge in [-0.15, -0.1) is 0 Å². The number of fused-ring (bicyclic) bond motifs is 1. The van der Waals surface area contributed by atoms with Crippen LogP contribution in [0.25, 0.3) is 0 Å². The molecular weight excluding hydrogens is 248 g/mol. The average molecular weight is 274 g/mol. The molecule has 3 heteroatoms. The number of nitrogens with two attached hydrogens (primary N) is 1. The topological polar surface area (TPSA) is 55.1 Å². The molecule has 0 radical (unpaired) electrons. The zero-order valence-corrected chi connectivity index (χ0v) is 13.2. The number of amides is 1. The van der Waals surface area contributed by atoms with Gasteiger partial charge in [0.15, 0.2) is 0 Å². The van der Waals surface area contributed by atoms with Crippen molar-refractivity contribution in [2.75, 3.05) is 5.32 Å². The van der Waals surface area contributed by atoms with Crippen molar-refractivity contribution in [1.29, 1.82) is 0 Å². The van der Waals surface area contributed by atoms with Gasteiger partial charge in [0.25, 0.3) is 0 Å². The molecule has 1 aliphatic heterocycles. The fourth-order valence-electron chi connectivity index (χ4n) is 2.78. The van der Waals surface area contributed by atoms with E-state index in [1.54, 1.807) is 0 Å². The van der Waals surface area contributed by atoms with Crippen LogP contribution in [0.5, 0.6) is 0 Å². The first-order valence-corrected chi connectivity index (χ1v) is 7.57. The molecule has 0 fully saturated rings. The first-order chi connectivity index (χ1) is 9.32. The molecule has 110 valence electrons. The minimum atomic E-state index is -0.468. The summed E-state index contributed by atoms with van der Waals surface area (Å²) in [7, 11) is 0. The molecule has 0 saturated heterocycles. The summed E-state index contributed by atoms with van der Waals surface area (Å²) in [6.45, 7) is 10.4. The van der Waals surface area contributed by atoms with Crippen molar-refractivity contribution in [2.45, 2.75) is 58.9 Å². The maximum Gasteiger partial charge on any atom is 0.234 e. The smallest absolute Gasteiger partial charge is 0.234 e. The van der Waals surface area contributed by atoms with Gasteiger partial charge in [0.2, 0.25) is 5.91 Å². The van der Waals surface area contributed by atoms with Crippen LogP contribution < -0.4 is 11.1 Å². The third-order valence-corrected chi connectivity index (χ3v) is 4.73. The molecule has 2 rings (SSSR count). The highest BCUT2D eigenvalue weighted by atomic mass is 16.2. The van der Waals surface area contributed by atoms with Crippen LogP contribution in [0.3, 0.4) is 0 Å². The highest BCUT2D eigenvalue weighted by Crippen LogP contribution is 2.43. The number of aryl methyl sites for hydroxylation is 1. The second kappa shape index (κ2) is 5.21. The van der Waals surface area contributed by atoms with Crippen LogP contribution in [0.2, 0.25) is 0 Å². The molecule has 1 amide bonds. The van der Waals surface area contributed by atoms with Crippen molar-refractivity contribution in [3.05, 3.63) is 28.8 Å². The minimum absolute atomic E-state index is 0.0329. The molecule has 0 spiro atoms. The molecule has 2 unspecified atom stereocenters. The average Bonchev–Trinajstić information content (AvgIpc) is 2.67. The second-order valence-electron chi connectivity index (χ2n) is 6.45. The quantitative estimate of drug-likeness (QED) is 0.882. The van der Waals surface area contributed by atoms with Crippen molar-refractivity contribution in [1.82, 2.24) is 0 Å². The van der Waals surface area contributed by atoms with Crippen LogP contribution in [0.1, 0.15) is 63.8 Å². The van der Waals surface area contributed by atoms with Crippen molar-refractivity contribution >= 4 is 11.6 Å². The van der Waals surface area contributed by atoms with Gasteiger partial charge in [0, 0.05) is 11.7 Å². The number of anilines is 1. The first-order valence-electron chi connectivity index (χ1n) is 7.57. The summed E-state index contributed by atoms with van der Waals surface area (Å²) in [4.78, 5) is 12.2. The molecule has 1 heterocycles. The van der Waals surface area contributed by atoms with Gasteiger partial charge in [-0.25, -0.2) is 0 Å². The van der Waals surface area contributed by atoms with E-state index in [4.69, 9.17) is 5.73 Å². The summed E-state index contributed by atoms with van der Waals surface area (Å²) in [6.07, 6.45) is 1.99. The Balaban J connectivity index is 2.60. The van der Waals surface area contributed by atoms with Gasteiger partial charge < -0.3 is 11.1 Å². The van der Waals surface area contributed by atoms with Crippen molar-refractivity contribution < 1.29 is 4.79 Å². The molecule has 3 N–H and O–H groups in total. The lowest BCUT2D eigenvalue weighted by atomic mass is 9.82. The van der Waals surface area contributed by atoms with E-state index >= 15 is 0 Å². The summed E-state index contributed by atoms with van der Waals surface area (Å²) >= 11 is 0. The predicted octanol–water partition coefficient (Wildman–Crippen LogP) is 3.52. The molecule has 20 heavy (non-hydrogen) atoms. The van der Waals surface area contributed by atoms with E-state index in [-0.39, 0.29) is 11.9 Å². The Kier molecular flexibility index (Phi) is 3.92. The number of carbonyl (C=O) groups excluding carboxylic acids is 1. The lowest BCUT2D eigenvalue weighted by Gasteiger charge is -2.23. The van der Waals surface area contributed by atoms with Crippen LogP contribution >= 0.6 is 0 Å². The summed E-state index contributed by atoms with van der Waals surface area (Å²) in [5.74, 6) is 0.463. The molecular formula is C17H26N2O. The van der Waals surface area contributed by atoms with Crippen molar-refractivity contribution in [3.63, 3.8) is 0 Å². The van der Waals surface area contributed by atoms with Gasteiger partial charge in [0.1, 0.15) is 0 Å². The Labute approximate surface area is 121 Å². The van der Waals surface area contributed by atoms with Crippen molar-refractivity contribution in [2.24, 2.45) is 11.7 Å². The number of nitrogens with one attached hydrogen (secondary N) is 1. The number of carbonyl (C=O) groups is 1. The summed E-state index contributed by atoms with van der Waals surface area (Å²) in [5.41, 5.74) is 10.3. The molecule has 1 aliphatic rings. The maximum atomic E-state index is 12.2. The van der Waals surface area contributed by atoms with Gasteiger partial charge in [-0.2, -0.15) is 0 Å². The highest BCUT2D eigenvalue weighted by molar-refractivity contribution is 6.06. The molecule has 3 nitrogen and oxygen atoms in total. The van der Waals surface area contributed by atoms with Gasteiger partial charge in [0.05, 0.1) is 5.41 Å². The molecule has 2 atom stereocenters. The molecule has 0 aromatic heterocycles. The fraction of sp³-hybridized carbons (Fsp3) is 0.588. The van der Waals surface area contributed by atoms with Crippen LogP contribution in [0, 0.1) is 5.92 Å².